The van der Waals surface area contributed by atoms with Crippen LogP contribution in [0, 0.1) is 11.7 Å². The van der Waals surface area contributed by atoms with E-state index in [0.29, 0.717) is 24.6 Å². The maximum absolute atomic E-state index is 9.98. The van der Waals surface area contributed by atoms with Gasteiger partial charge >= 0.3 is 0 Å². The molecule has 0 radical (unpaired) electrons. The minimum Gasteiger partial charge on any atom is -0.485 e. The Morgan fingerprint density at radius 1 is 1.14 bits per heavy atom. The number of rotatable bonds is 6. The molecule has 2 heterocycles. The Morgan fingerprint density at radius 3 is 2.66 bits per heavy atom. The van der Waals surface area contributed by atoms with Crippen molar-refractivity contribution in [3.05, 3.63) is 70.8 Å². The predicted octanol–water partition coefficient (Wildman–Crippen LogP) is 3.70. The number of hydrogen-bond acceptors (Lipinski definition) is 5. The van der Waals surface area contributed by atoms with Crippen molar-refractivity contribution in [2.75, 3.05) is 13.1 Å². The summed E-state index contributed by atoms with van der Waals surface area (Å²) in [5, 5.41) is 14.8. The first-order valence-electron chi connectivity index (χ1n) is 9.95. The van der Waals surface area contributed by atoms with Crippen molar-refractivity contribution < 1.29 is 9.84 Å². The molecule has 0 saturated carbocycles. The first-order valence-corrected chi connectivity index (χ1v) is 10.4. The van der Waals surface area contributed by atoms with E-state index in [1.165, 1.54) is 0 Å². The molecule has 1 aliphatic rings. The molecule has 0 unspecified atom stereocenters. The Labute approximate surface area is 176 Å². The first kappa shape index (κ1) is 19.8. The minimum atomic E-state index is -0.280. The van der Waals surface area contributed by atoms with Gasteiger partial charge in [-0.05, 0) is 55.7 Å². The molecule has 29 heavy (non-hydrogen) atoms. The van der Waals surface area contributed by atoms with Gasteiger partial charge in [0.15, 0.2) is 5.82 Å². The topological polar surface area (TPSA) is 55.4 Å². The van der Waals surface area contributed by atoms with E-state index in [-0.39, 0.29) is 6.10 Å². The molecule has 152 valence electrons. The summed E-state index contributed by atoms with van der Waals surface area (Å²) >= 11 is 5.77. The molecule has 0 bridgehead atoms. The predicted molar refractivity (Wildman–Crippen MR) is 115 cm³/mol. The minimum absolute atomic E-state index is 0.280. The molecule has 7 heteroatoms. The number of likely N-dealkylation sites (tertiary alicyclic amines) is 1. The van der Waals surface area contributed by atoms with Gasteiger partial charge < -0.3 is 9.84 Å². The average molecular weight is 411 g/mol. The average Bonchev–Trinajstić information content (AvgIpc) is 3.03. The highest BCUT2D eigenvalue weighted by atomic mass is 32.1. The molecule has 1 atom stereocenters. The molecule has 1 saturated heterocycles. The Bertz CT molecular complexity index is 1020. The van der Waals surface area contributed by atoms with Gasteiger partial charge in [0.05, 0.1) is 12.8 Å². The number of aliphatic hydroxyl groups excluding tert-OH is 1. The van der Waals surface area contributed by atoms with E-state index in [4.69, 9.17) is 22.1 Å². The Morgan fingerprint density at radius 2 is 1.90 bits per heavy atom. The molecule has 4 rings (SSSR count). The van der Waals surface area contributed by atoms with E-state index in [0.717, 1.165) is 42.2 Å². The zero-order valence-corrected chi connectivity index (χ0v) is 17.4. The fraction of sp³-hybridized carbons (Fsp3) is 0.364. The molecule has 1 aromatic heterocycles. The molecule has 2 aromatic carbocycles. The van der Waals surface area contributed by atoms with E-state index in [2.05, 4.69) is 4.90 Å². The van der Waals surface area contributed by atoms with Crippen molar-refractivity contribution in [2.24, 2.45) is 0 Å². The maximum Gasteiger partial charge on any atom is 0.203 e. The van der Waals surface area contributed by atoms with Gasteiger partial charge in [-0.2, -0.15) is 5.10 Å². The van der Waals surface area contributed by atoms with Gasteiger partial charge in [-0.3, -0.25) is 9.47 Å². The molecule has 0 spiro atoms. The van der Waals surface area contributed by atoms with Crippen LogP contribution < -0.4 is 4.74 Å². The third-order valence-corrected chi connectivity index (χ3v) is 5.58. The van der Waals surface area contributed by atoms with Gasteiger partial charge in [-0.25, -0.2) is 4.68 Å². The summed E-state index contributed by atoms with van der Waals surface area (Å²) < 4.78 is 10.5. The summed E-state index contributed by atoms with van der Waals surface area (Å²) in [6, 6.07) is 17.9. The van der Waals surface area contributed by atoms with Crippen LogP contribution in [0.2, 0.25) is 0 Å². The highest BCUT2D eigenvalue weighted by Crippen LogP contribution is 2.20. The molecule has 1 fully saturated rings. The van der Waals surface area contributed by atoms with Crippen LogP contribution in [0.15, 0.2) is 54.6 Å². The lowest BCUT2D eigenvalue weighted by Crippen LogP contribution is -2.39. The van der Waals surface area contributed by atoms with E-state index in [9.17, 15) is 5.11 Å². The van der Waals surface area contributed by atoms with Gasteiger partial charge in [0, 0.05) is 18.8 Å². The number of para-hydroxylation sites is 2. The third kappa shape index (κ3) is 4.58. The molecule has 3 aromatic rings. The Balaban J connectivity index is 1.63. The lowest BCUT2D eigenvalue weighted by Gasteiger charge is -2.29. The van der Waals surface area contributed by atoms with Gasteiger partial charge in [0.2, 0.25) is 4.77 Å². The van der Waals surface area contributed by atoms with Gasteiger partial charge in [0.1, 0.15) is 12.4 Å². The number of aliphatic hydroxyl groups is 1. The first-order chi connectivity index (χ1) is 14.1. The number of aromatic nitrogens is 3. The second-order valence-corrected chi connectivity index (χ2v) is 7.80. The van der Waals surface area contributed by atoms with Gasteiger partial charge in [0.25, 0.3) is 0 Å². The molecule has 0 aliphatic carbocycles. The quantitative estimate of drug-likeness (QED) is 0.628. The molecule has 1 N–H and O–H groups in total. The van der Waals surface area contributed by atoms with Crippen LogP contribution in [0.1, 0.15) is 24.2 Å². The molecule has 1 aliphatic heterocycles. The Kier molecular flexibility index (Phi) is 6.08. The molecular formula is C22H26N4O2S. The summed E-state index contributed by atoms with van der Waals surface area (Å²) in [5.74, 6) is 1.59. The standard InChI is InChI=1S/C22H26N4O2S/c1-17-8-5-6-12-20(17)28-15-21-23-25(16-24-13-7-11-19(27)14-24)22(29)26(21)18-9-3-2-4-10-18/h2-6,8-10,12,19,27H,7,11,13-16H2,1H3/t19-/m0/s1. The Hall–Kier alpha value is -2.48. The second-order valence-electron chi connectivity index (χ2n) is 7.44. The second kappa shape index (κ2) is 8.90. The van der Waals surface area contributed by atoms with Gasteiger partial charge in [-0.15, -0.1) is 0 Å². The summed E-state index contributed by atoms with van der Waals surface area (Å²) in [4.78, 5) is 2.19. The summed E-state index contributed by atoms with van der Waals surface area (Å²) in [5.41, 5.74) is 2.05. The smallest absolute Gasteiger partial charge is 0.203 e. The normalized spacial score (nSPS) is 17.4. The number of β-amino-alcohol motifs (C(OH)–C–C–N with tert-alkyl or cyclic N) is 1. The zero-order chi connectivity index (χ0) is 20.2. The van der Waals surface area contributed by atoms with Crippen molar-refractivity contribution in [1.82, 2.24) is 19.2 Å². The van der Waals surface area contributed by atoms with Crippen LogP contribution >= 0.6 is 12.2 Å². The van der Waals surface area contributed by atoms with E-state index >= 15 is 0 Å². The fourth-order valence-corrected chi connectivity index (χ4v) is 3.99. The lowest BCUT2D eigenvalue weighted by molar-refractivity contribution is 0.0511. The lowest BCUT2D eigenvalue weighted by atomic mass is 10.1. The summed E-state index contributed by atoms with van der Waals surface area (Å²) in [6.07, 6.45) is 1.56. The highest BCUT2D eigenvalue weighted by Gasteiger charge is 2.20. The number of benzene rings is 2. The SMILES string of the molecule is Cc1ccccc1OCc1nn(CN2CCC[C@H](O)C2)c(=S)n1-c1ccccc1. The third-order valence-electron chi connectivity index (χ3n) is 5.19. The number of aryl methyl sites for hydroxylation is 1. The summed E-state index contributed by atoms with van der Waals surface area (Å²) in [7, 11) is 0. The van der Waals surface area contributed by atoms with Crippen LogP contribution in [-0.4, -0.2) is 43.5 Å². The molecule has 6 nitrogen and oxygen atoms in total. The monoisotopic (exact) mass is 410 g/mol. The summed E-state index contributed by atoms with van der Waals surface area (Å²) in [6.45, 7) is 4.49. The fourth-order valence-electron chi connectivity index (χ4n) is 3.68. The van der Waals surface area contributed by atoms with Crippen LogP contribution in [-0.2, 0) is 13.3 Å². The molecule has 0 amide bonds. The number of piperidine rings is 1. The van der Waals surface area contributed by atoms with Crippen LogP contribution in [0.3, 0.4) is 0 Å². The largest absolute Gasteiger partial charge is 0.485 e. The van der Waals surface area contributed by atoms with E-state index in [1.807, 2.05) is 70.8 Å². The van der Waals surface area contributed by atoms with Crippen molar-refractivity contribution in [1.29, 1.82) is 0 Å². The number of hydrogen-bond donors (Lipinski definition) is 1. The van der Waals surface area contributed by atoms with Crippen LogP contribution in [0.25, 0.3) is 5.69 Å². The molecular weight excluding hydrogens is 384 g/mol. The van der Waals surface area contributed by atoms with Gasteiger partial charge in [-0.1, -0.05) is 36.4 Å². The zero-order valence-electron chi connectivity index (χ0n) is 16.6. The van der Waals surface area contributed by atoms with Crippen molar-refractivity contribution in [2.45, 2.75) is 39.1 Å². The van der Waals surface area contributed by atoms with Crippen molar-refractivity contribution in [3.8, 4) is 11.4 Å². The van der Waals surface area contributed by atoms with E-state index in [1.54, 1.807) is 0 Å². The van der Waals surface area contributed by atoms with Crippen molar-refractivity contribution in [3.63, 3.8) is 0 Å². The number of nitrogens with zero attached hydrogens (tertiary/aromatic N) is 4. The van der Waals surface area contributed by atoms with Crippen LogP contribution in [0.5, 0.6) is 5.75 Å². The number of ether oxygens (including phenoxy) is 1. The van der Waals surface area contributed by atoms with Crippen LogP contribution in [0.4, 0.5) is 0 Å². The van der Waals surface area contributed by atoms with Crippen molar-refractivity contribution >= 4 is 12.2 Å². The van der Waals surface area contributed by atoms with E-state index < -0.39 is 0 Å². The highest BCUT2D eigenvalue weighted by molar-refractivity contribution is 7.71. The maximum atomic E-state index is 9.98.